The van der Waals surface area contributed by atoms with Gasteiger partial charge in [-0.2, -0.15) is 0 Å². The van der Waals surface area contributed by atoms with Gasteiger partial charge < -0.3 is 9.47 Å². The van der Waals surface area contributed by atoms with Crippen LogP contribution in [0.2, 0.25) is 0 Å². The highest BCUT2D eigenvalue weighted by molar-refractivity contribution is 7.80. The van der Waals surface area contributed by atoms with Crippen LogP contribution in [0.5, 0.6) is 0 Å². The molecule has 1 aliphatic rings. The van der Waals surface area contributed by atoms with Crippen LogP contribution in [0.25, 0.3) is 11.0 Å². The van der Waals surface area contributed by atoms with Crippen LogP contribution in [0.3, 0.4) is 0 Å². The van der Waals surface area contributed by atoms with Crippen molar-refractivity contribution in [3.05, 3.63) is 96.1 Å². The number of hydrogen-bond acceptors (Lipinski definition) is 4. The lowest BCUT2D eigenvalue weighted by Gasteiger charge is -2.40. The molecule has 0 amide bonds. The lowest BCUT2D eigenvalue weighted by Crippen LogP contribution is -2.48. The van der Waals surface area contributed by atoms with Crippen molar-refractivity contribution in [2.45, 2.75) is 24.2 Å². The van der Waals surface area contributed by atoms with Crippen LogP contribution >= 0.6 is 12.6 Å². The number of aryl methyl sites for hydroxylation is 1. The highest BCUT2D eigenvalue weighted by Gasteiger charge is 2.26. The predicted molar refractivity (Wildman–Crippen MR) is 134 cm³/mol. The van der Waals surface area contributed by atoms with Gasteiger partial charge in [0.25, 0.3) is 0 Å². The van der Waals surface area contributed by atoms with Crippen LogP contribution in [-0.4, -0.2) is 52.1 Å². The van der Waals surface area contributed by atoms with Crippen LogP contribution in [0.1, 0.15) is 23.6 Å². The van der Waals surface area contributed by atoms with Gasteiger partial charge in [0.15, 0.2) is 5.16 Å². The lowest BCUT2D eigenvalue weighted by molar-refractivity contribution is 0.107. The van der Waals surface area contributed by atoms with Crippen LogP contribution in [0, 0.1) is 0 Å². The molecule has 5 rings (SSSR count). The molecule has 1 saturated heterocycles. The molecule has 0 saturated carbocycles. The van der Waals surface area contributed by atoms with Crippen molar-refractivity contribution in [1.82, 2.24) is 19.4 Å². The van der Waals surface area contributed by atoms with Gasteiger partial charge in [-0.25, -0.2) is 4.98 Å². The quantitative estimate of drug-likeness (QED) is 0.402. The average Bonchev–Trinajstić information content (AvgIpc) is 3.17. The minimum absolute atomic E-state index is 0.323. The van der Waals surface area contributed by atoms with E-state index >= 15 is 0 Å². The first kappa shape index (κ1) is 21.3. The van der Waals surface area contributed by atoms with E-state index in [9.17, 15) is 0 Å². The molecule has 0 atom stereocenters. The number of nitrogens with zero attached hydrogens (tertiary/aromatic N) is 4. The Morgan fingerprint density at radius 2 is 1.31 bits per heavy atom. The molecule has 1 aliphatic heterocycles. The van der Waals surface area contributed by atoms with Crippen molar-refractivity contribution in [3.8, 4) is 0 Å². The number of para-hydroxylation sites is 2. The maximum absolute atomic E-state index is 4.59. The van der Waals surface area contributed by atoms with Gasteiger partial charge in [0.1, 0.15) is 0 Å². The standard InChI is InChI=1S/C27H30N4S/c32-27-28-24-14-7-8-15-25(24)31(27)17-9-16-29-18-20-30(21-19-29)26(22-10-3-1-4-11-22)23-12-5-2-6-13-23/h1-8,10-15,26H,9,16-21H2,(H,28,32). The summed E-state index contributed by atoms with van der Waals surface area (Å²) in [6.07, 6.45) is 1.11. The van der Waals surface area contributed by atoms with Crippen LogP contribution < -0.4 is 0 Å². The summed E-state index contributed by atoms with van der Waals surface area (Å²) in [5, 5.41) is 0.810. The van der Waals surface area contributed by atoms with E-state index in [1.165, 1.54) is 16.6 Å². The molecule has 4 aromatic rings. The fourth-order valence-electron chi connectivity index (χ4n) is 4.87. The third kappa shape index (κ3) is 4.60. The van der Waals surface area contributed by atoms with Crippen molar-refractivity contribution < 1.29 is 0 Å². The Kier molecular flexibility index (Phi) is 6.58. The minimum Gasteiger partial charge on any atom is -0.319 e. The van der Waals surface area contributed by atoms with Crippen molar-refractivity contribution in [2.75, 3.05) is 32.7 Å². The summed E-state index contributed by atoms with van der Waals surface area (Å²) in [7, 11) is 0. The topological polar surface area (TPSA) is 24.3 Å². The van der Waals surface area contributed by atoms with E-state index in [0.717, 1.165) is 56.4 Å². The predicted octanol–water partition coefficient (Wildman–Crippen LogP) is 5.12. The van der Waals surface area contributed by atoms with E-state index in [2.05, 4.69) is 111 Å². The minimum atomic E-state index is 0.323. The monoisotopic (exact) mass is 442 g/mol. The van der Waals surface area contributed by atoms with E-state index < -0.39 is 0 Å². The van der Waals surface area contributed by atoms with Gasteiger partial charge in [0.05, 0.1) is 17.1 Å². The third-order valence-corrected chi connectivity index (χ3v) is 6.83. The van der Waals surface area contributed by atoms with Crippen molar-refractivity contribution in [2.24, 2.45) is 0 Å². The summed E-state index contributed by atoms with van der Waals surface area (Å²) < 4.78 is 2.23. The fourth-order valence-corrected chi connectivity index (χ4v) is 5.18. The molecular formula is C27H30N4S. The molecule has 1 fully saturated rings. The van der Waals surface area contributed by atoms with Gasteiger partial charge in [-0.3, -0.25) is 4.90 Å². The summed E-state index contributed by atoms with van der Waals surface area (Å²) >= 11 is 4.59. The largest absolute Gasteiger partial charge is 0.319 e. The Hall–Kier alpha value is -2.60. The second kappa shape index (κ2) is 9.90. The van der Waals surface area contributed by atoms with E-state index in [1.54, 1.807) is 0 Å². The molecule has 2 heterocycles. The number of hydrogen-bond donors (Lipinski definition) is 1. The molecule has 3 aromatic carbocycles. The summed E-state index contributed by atoms with van der Waals surface area (Å²) in [6.45, 7) is 6.44. The zero-order valence-corrected chi connectivity index (χ0v) is 19.2. The molecule has 0 radical (unpaired) electrons. The van der Waals surface area contributed by atoms with Crippen LogP contribution in [-0.2, 0) is 6.54 Å². The van der Waals surface area contributed by atoms with Gasteiger partial charge in [0.2, 0.25) is 0 Å². The third-order valence-electron chi connectivity index (χ3n) is 6.49. The van der Waals surface area contributed by atoms with Gasteiger partial charge in [-0.05, 0) is 36.2 Å². The normalized spacial score (nSPS) is 15.6. The Balaban J connectivity index is 1.20. The van der Waals surface area contributed by atoms with Crippen LogP contribution in [0.4, 0.5) is 0 Å². The summed E-state index contributed by atoms with van der Waals surface area (Å²) in [5.41, 5.74) is 4.95. The summed E-state index contributed by atoms with van der Waals surface area (Å²) in [4.78, 5) is 9.81. The maximum Gasteiger partial charge on any atom is 0.165 e. The second-order valence-corrected chi connectivity index (χ2v) is 8.91. The Labute approximate surface area is 195 Å². The van der Waals surface area contributed by atoms with Gasteiger partial charge in [-0.1, -0.05) is 72.8 Å². The fraction of sp³-hybridized carbons (Fsp3) is 0.296. The van der Waals surface area contributed by atoms with Crippen molar-refractivity contribution in [1.29, 1.82) is 0 Å². The summed E-state index contributed by atoms with van der Waals surface area (Å²) in [6, 6.07) is 30.5. The maximum atomic E-state index is 4.59. The molecule has 32 heavy (non-hydrogen) atoms. The zero-order valence-electron chi connectivity index (χ0n) is 18.3. The first-order valence-corrected chi connectivity index (χ1v) is 11.9. The SMILES string of the molecule is Sc1nc2ccccc2n1CCCN1CCN(C(c2ccccc2)c2ccccc2)CC1. The molecule has 0 spiro atoms. The molecule has 0 N–H and O–H groups in total. The molecule has 0 unspecified atom stereocenters. The average molecular weight is 443 g/mol. The molecule has 164 valence electrons. The first-order chi connectivity index (χ1) is 15.8. The van der Waals surface area contributed by atoms with E-state index in [4.69, 9.17) is 0 Å². The Bertz CT molecular complexity index is 1090. The highest BCUT2D eigenvalue weighted by Crippen LogP contribution is 2.29. The second-order valence-electron chi connectivity index (χ2n) is 8.51. The molecule has 5 heteroatoms. The smallest absolute Gasteiger partial charge is 0.165 e. The molecule has 4 nitrogen and oxygen atoms in total. The Morgan fingerprint density at radius 3 is 1.97 bits per heavy atom. The molecule has 0 bridgehead atoms. The van der Waals surface area contributed by atoms with Gasteiger partial charge in [0, 0.05) is 32.7 Å². The number of benzene rings is 3. The summed E-state index contributed by atoms with van der Waals surface area (Å²) in [5.74, 6) is 0. The Morgan fingerprint density at radius 1 is 0.719 bits per heavy atom. The molecule has 1 aromatic heterocycles. The number of aromatic nitrogens is 2. The number of rotatable bonds is 7. The number of piperazine rings is 1. The van der Waals surface area contributed by atoms with Gasteiger partial charge >= 0.3 is 0 Å². The molecule has 0 aliphatic carbocycles. The van der Waals surface area contributed by atoms with E-state index in [-0.39, 0.29) is 0 Å². The van der Waals surface area contributed by atoms with Crippen LogP contribution in [0.15, 0.2) is 90.1 Å². The van der Waals surface area contributed by atoms with E-state index in [0.29, 0.717) is 6.04 Å². The highest BCUT2D eigenvalue weighted by atomic mass is 32.1. The number of fused-ring (bicyclic) bond motifs is 1. The lowest BCUT2D eigenvalue weighted by atomic mass is 9.96. The molecular weight excluding hydrogens is 412 g/mol. The van der Waals surface area contributed by atoms with Crippen molar-refractivity contribution >= 4 is 23.7 Å². The zero-order chi connectivity index (χ0) is 21.8. The number of imidazole rings is 1. The van der Waals surface area contributed by atoms with Gasteiger partial charge in [-0.15, -0.1) is 12.6 Å². The van der Waals surface area contributed by atoms with E-state index in [1.807, 2.05) is 6.07 Å². The first-order valence-electron chi connectivity index (χ1n) is 11.5. The number of thiol groups is 1. The van der Waals surface area contributed by atoms with Crippen molar-refractivity contribution in [3.63, 3.8) is 0 Å².